The van der Waals surface area contributed by atoms with Crippen molar-refractivity contribution in [3.8, 4) is 22.6 Å². The summed E-state index contributed by atoms with van der Waals surface area (Å²) in [7, 11) is 0. The van der Waals surface area contributed by atoms with Crippen molar-refractivity contribution < 1.29 is 10.2 Å². The average molecular weight is 621 g/mol. The van der Waals surface area contributed by atoms with Gasteiger partial charge in [-0.1, -0.05) is 121 Å². The van der Waals surface area contributed by atoms with Crippen LogP contribution in [0, 0.1) is 0 Å². The summed E-state index contributed by atoms with van der Waals surface area (Å²) in [6.07, 6.45) is 0. The molecule has 0 aromatic heterocycles. The number of para-hydroxylation sites is 4. The van der Waals surface area contributed by atoms with Gasteiger partial charge in [0.15, 0.2) is 0 Å². The van der Waals surface area contributed by atoms with E-state index >= 15 is 0 Å². The Labute approximate surface area is 279 Å². The van der Waals surface area contributed by atoms with E-state index in [-0.39, 0.29) is 11.5 Å². The number of aromatic hydroxyl groups is 2. The standard InChI is InChI=1S/C44H32N2O2/c47-43-21-7-5-17-41(43)45(39-19-9-13-33-11-1-3-15-37(33)39)35-27-23-31(24-28-35)32-25-29-36(30-26-32)46(42-18-6-8-22-44(42)48)40-20-10-14-34-12-2-4-16-38(34)40/h1-30,47-48H. The summed E-state index contributed by atoms with van der Waals surface area (Å²) in [5.74, 6) is 0.426. The minimum absolute atomic E-state index is 0.213. The fourth-order valence-electron chi connectivity index (χ4n) is 6.53. The fraction of sp³-hybridized carbons (Fsp3) is 0. The van der Waals surface area contributed by atoms with Gasteiger partial charge >= 0.3 is 0 Å². The molecule has 8 rings (SSSR count). The Morgan fingerprint density at radius 2 is 0.625 bits per heavy atom. The number of hydrogen-bond donors (Lipinski definition) is 2. The lowest BCUT2D eigenvalue weighted by atomic mass is 10.0. The van der Waals surface area contributed by atoms with E-state index < -0.39 is 0 Å². The molecule has 0 unspecified atom stereocenters. The molecule has 0 heterocycles. The maximum absolute atomic E-state index is 11.0. The van der Waals surface area contributed by atoms with Crippen LogP contribution in [0.2, 0.25) is 0 Å². The van der Waals surface area contributed by atoms with Gasteiger partial charge in [-0.2, -0.15) is 0 Å². The molecule has 0 bridgehead atoms. The Morgan fingerprint density at radius 3 is 1.04 bits per heavy atom. The highest BCUT2D eigenvalue weighted by atomic mass is 16.3. The van der Waals surface area contributed by atoms with Crippen molar-refractivity contribution in [1.82, 2.24) is 0 Å². The first-order valence-corrected chi connectivity index (χ1v) is 16.0. The van der Waals surface area contributed by atoms with Gasteiger partial charge in [0.1, 0.15) is 11.5 Å². The molecule has 0 fully saturated rings. The number of phenolic OH excluding ortho intramolecular Hbond substituents is 2. The lowest BCUT2D eigenvalue weighted by Crippen LogP contribution is -2.11. The van der Waals surface area contributed by atoms with Crippen molar-refractivity contribution in [2.75, 3.05) is 9.80 Å². The predicted octanol–water partition coefficient (Wildman–Crippen LogP) is 12.0. The first-order chi connectivity index (χ1) is 23.7. The van der Waals surface area contributed by atoms with Crippen molar-refractivity contribution in [2.24, 2.45) is 0 Å². The quantitative estimate of drug-likeness (QED) is 0.186. The molecule has 0 aliphatic heterocycles. The third kappa shape index (κ3) is 5.25. The normalized spacial score (nSPS) is 11.1. The van der Waals surface area contributed by atoms with E-state index in [9.17, 15) is 10.2 Å². The summed E-state index contributed by atoms with van der Waals surface area (Å²) in [6.45, 7) is 0. The smallest absolute Gasteiger partial charge is 0.139 e. The molecule has 48 heavy (non-hydrogen) atoms. The second kappa shape index (κ2) is 12.3. The molecule has 0 aliphatic carbocycles. The largest absolute Gasteiger partial charge is 0.506 e. The summed E-state index contributed by atoms with van der Waals surface area (Å²) in [5.41, 5.74) is 7.42. The third-order valence-electron chi connectivity index (χ3n) is 8.84. The van der Waals surface area contributed by atoms with Gasteiger partial charge in [-0.05, 0) is 82.6 Å². The van der Waals surface area contributed by atoms with Crippen LogP contribution in [0.1, 0.15) is 0 Å². The summed E-state index contributed by atoms with van der Waals surface area (Å²) in [5, 5.41) is 26.4. The molecule has 230 valence electrons. The van der Waals surface area contributed by atoms with Crippen LogP contribution in [0.15, 0.2) is 182 Å². The predicted molar refractivity (Wildman–Crippen MR) is 200 cm³/mol. The van der Waals surface area contributed by atoms with Crippen LogP contribution in [0.4, 0.5) is 34.1 Å². The van der Waals surface area contributed by atoms with Gasteiger partial charge in [0, 0.05) is 22.1 Å². The minimum atomic E-state index is 0.213. The minimum Gasteiger partial charge on any atom is -0.506 e. The summed E-state index contributed by atoms with van der Waals surface area (Å²) >= 11 is 0. The molecule has 8 aromatic carbocycles. The third-order valence-corrected chi connectivity index (χ3v) is 8.84. The first-order valence-electron chi connectivity index (χ1n) is 16.0. The molecular formula is C44H32N2O2. The topological polar surface area (TPSA) is 46.9 Å². The number of hydrogen-bond acceptors (Lipinski definition) is 4. The van der Waals surface area contributed by atoms with Crippen LogP contribution in [0.3, 0.4) is 0 Å². The Balaban J connectivity index is 1.18. The van der Waals surface area contributed by atoms with E-state index in [0.29, 0.717) is 11.4 Å². The number of rotatable bonds is 7. The zero-order valence-electron chi connectivity index (χ0n) is 26.1. The molecule has 0 saturated carbocycles. The molecule has 4 nitrogen and oxygen atoms in total. The van der Waals surface area contributed by atoms with E-state index in [4.69, 9.17) is 0 Å². The van der Waals surface area contributed by atoms with Gasteiger partial charge in [-0.3, -0.25) is 0 Å². The highest BCUT2D eigenvalue weighted by Crippen LogP contribution is 2.44. The second-order valence-electron chi connectivity index (χ2n) is 11.7. The maximum atomic E-state index is 11.0. The number of phenols is 2. The van der Waals surface area contributed by atoms with E-state index in [1.807, 2.05) is 60.7 Å². The number of nitrogens with zero attached hydrogens (tertiary/aromatic N) is 2. The van der Waals surface area contributed by atoms with Crippen LogP contribution in [0.25, 0.3) is 32.7 Å². The Hall–Kier alpha value is -6.52. The average Bonchev–Trinajstić information content (AvgIpc) is 3.14. The summed E-state index contributed by atoms with van der Waals surface area (Å²) in [4.78, 5) is 4.22. The van der Waals surface area contributed by atoms with Crippen LogP contribution < -0.4 is 9.80 Å². The van der Waals surface area contributed by atoms with Gasteiger partial charge < -0.3 is 20.0 Å². The van der Waals surface area contributed by atoms with E-state index in [1.165, 1.54) is 0 Å². The van der Waals surface area contributed by atoms with E-state index in [2.05, 4.69) is 119 Å². The van der Waals surface area contributed by atoms with Crippen molar-refractivity contribution in [2.45, 2.75) is 0 Å². The molecule has 2 N–H and O–H groups in total. The van der Waals surface area contributed by atoms with Crippen molar-refractivity contribution in [3.05, 3.63) is 182 Å². The van der Waals surface area contributed by atoms with Gasteiger partial charge in [0.2, 0.25) is 0 Å². The Kier molecular flexibility index (Phi) is 7.44. The molecule has 0 atom stereocenters. The van der Waals surface area contributed by atoms with Crippen molar-refractivity contribution in [3.63, 3.8) is 0 Å². The van der Waals surface area contributed by atoms with Gasteiger partial charge in [0.05, 0.1) is 22.7 Å². The monoisotopic (exact) mass is 620 g/mol. The molecule has 8 aromatic rings. The van der Waals surface area contributed by atoms with Crippen molar-refractivity contribution in [1.29, 1.82) is 0 Å². The summed E-state index contributed by atoms with van der Waals surface area (Å²) < 4.78 is 0. The lowest BCUT2D eigenvalue weighted by Gasteiger charge is -2.28. The highest BCUT2D eigenvalue weighted by Gasteiger charge is 2.20. The fourth-order valence-corrected chi connectivity index (χ4v) is 6.53. The molecular weight excluding hydrogens is 588 g/mol. The van der Waals surface area contributed by atoms with Gasteiger partial charge in [-0.25, -0.2) is 0 Å². The molecule has 4 heteroatoms. The van der Waals surface area contributed by atoms with Gasteiger partial charge in [-0.15, -0.1) is 0 Å². The number of benzene rings is 8. The van der Waals surface area contributed by atoms with Crippen LogP contribution in [0.5, 0.6) is 11.5 Å². The van der Waals surface area contributed by atoms with E-state index in [1.54, 1.807) is 12.1 Å². The van der Waals surface area contributed by atoms with Crippen LogP contribution in [-0.4, -0.2) is 10.2 Å². The number of fused-ring (bicyclic) bond motifs is 2. The zero-order valence-corrected chi connectivity index (χ0v) is 26.1. The highest BCUT2D eigenvalue weighted by molar-refractivity contribution is 6.01. The SMILES string of the molecule is Oc1ccccc1N(c1ccc(-c2ccc(N(c3ccccc3O)c3cccc4ccccc34)cc2)cc1)c1cccc2ccccc12. The molecule has 0 amide bonds. The van der Waals surface area contributed by atoms with Crippen LogP contribution >= 0.6 is 0 Å². The maximum Gasteiger partial charge on any atom is 0.139 e. The zero-order chi connectivity index (χ0) is 32.5. The van der Waals surface area contributed by atoms with E-state index in [0.717, 1.165) is 55.4 Å². The Morgan fingerprint density at radius 1 is 0.292 bits per heavy atom. The number of anilines is 6. The second-order valence-corrected chi connectivity index (χ2v) is 11.7. The molecule has 0 spiro atoms. The molecule has 0 saturated heterocycles. The first kappa shape index (κ1) is 28.9. The summed E-state index contributed by atoms with van der Waals surface area (Å²) in [6, 6.07) is 60.9. The Bertz CT molecular complexity index is 2200. The van der Waals surface area contributed by atoms with Gasteiger partial charge in [0.25, 0.3) is 0 Å². The van der Waals surface area contributed by atoms with Crippen molar-refractivity contribution >= 4 is 55.7 Å². The van der Waals surface area contributed by atoms with Crippen LogP contribution in [-0.2, 0) is 0 Å². The molecule has 0 aliphatic rings. The lowest BCUT2D eigenvalue weighted by molar-refractivity contribution is 0.476. The molecule has 0 radical (unpaired) electrons.